The first-order valence-corrected chi connectivity index (χ1v) is 6.58. The Morgan fingerprint density at radius 3 is 2.32 bits per heavy atom. The Hall–Kier alpha value is -0.360. The molecule has 0 aliphatic carbocycles. The summed E-state index contributed by atoms with van der Waals surface area (Å²) in [4.78, 5) is 17.4. The minimum Gasteiger partial charge on any atom is -0.345 e. The molecule has 1 amide bonds. The standard InChI is InChI=1S/C12H21N3OS.2ClH/c1-8-9(2)17-11(14-8)12(3,4)15-10(16)6-7-13-5;;/h13H,6-7H2,1-5H3,(H,15,16);2*1H. The van der Waals surface area contributed by atoms with E-state index >= 15 is 0 Å². The predicted octanol–water partition coefficient (Wildman–Crippen LogP) is 2.56. The van der Waals surface area contributed by atoms with Gasteiger partial charge in [-0.25, -0.2) is 4.98 Å². The van der Waals surface area contributed by atoms with Gasteiger partial charge in [0.1, 0.15) is 5.01 Å². The van der Waals surface area contributed by atoms with Crippen LogP contribution in [0, 0.1) is 13.8 Å². The van der Waals surface area contributed by atoms with E-state index in [1.54, 1.807) is 11.3 Å². The lowest BCUT2D eigenvalue weighted by atomic mass is 10.1. The number of nitrogens with one attached hydrogen (secondary N) is 2. The molecule has 0 saturated carbocycles. The molecule has 0 aliphatic rings. The first-order chi connectivity index (χ1) is 7.86. The molecule has 0 aliphatic heterocycles. The second-order valence-corrected chi connectivity index (χ2v) is 5.89. The molecule has 0 saturated heterocycles. The molecule has 1 heterocycles. The topological polar surface area (TPSA) is 54.0 Å². The minimum atomic E-state index is -0.394. The van der Waals surface area contributed by atoms with Crippen molar-refractivity contribution in [3.8, 4) is 0 Å². The van der Waals surface area contributed by atoms with Crippen molar-refractivity contribution < 1.29 is 4.79 Å². The largest absolute Gasteiger partial charge is 0.345 e. The summed E-state index contributed by atoms with van der Waals surface area (Å²) in [6.07, 6.45) is 0.489. The number of hydrogen-bond donors (Lipinski definition) is 2. The van der Waals surface area contributed by atoms with Gasteiger partial charge in [0.25, 0.3) is 0 Å². The Morgan fingerprint density at radius 1 is 1.32 bits per heavy atom. The molecule has 0 radical (unpaired) electrons. The van der Waals surface area contributed by atoms with Crippen LogP contribution in [0.4, 0.5) is 0 Å². The number of aromatic nitrogens is 1. The van der Waals surface area contributed by atoms with Crippen LogP contribution in [0.15, 0.2) is 0 Å². The van der Waals surface area contributed by atoms with E-state index < -0.39 is 5.54 Å². The summed E-state index contributed by atoms with van der Waals surface area (Å²) in [6.45, 7) is 8.71. The van der Waals surface area contributed by atoms with E-state index in [0.29, 0.717) is 13.0 Å². The second-order valence-electron chi connectivity index (χ2n) is 4.69. The number of rotatable bonds is 5. The van der Waals surface area contributed by atoms with E-state index in [1.165, 1.54) is 4.88 Å². The molecule has 4 nitrogen and oxygen atoms in total. The van der Waals surface area contributed by atoms with Gasteiger partial charge < -0.3 is 10.6 Å². The molecular weight excluding hydrogens is 305 g/mol. The van der Waals surface area contributed by atoms with Gasteiger partial charge in [-0.1, -0.05) is 0 Å². The lowest BCUT2D eigenvalue weighted by Crippen LogP contribution is -2.41. The maximum absolute atomic E-state index is 11.7. The molecule has 0 aromatic carbocycles. The van der Waals surface area contributed by atoms with Crippen LogP contribution >= 0.6 is 36.2 Å². The van der Waals surface area contributed by atoms with Crippen LogP contribution in [0.2, 0.25) is 0 Å². The highest BCUT2D eigenvalue weighted by Gasteiger charge is 2.26. The van der Waals surface area contributed by atoms with Gasteiger partial charge in [0.2, 0.25) is 5.91 Å². The summed E-state index contributed by atoms with van der Waals surface area (Å²) in [5, 5.41) is 6.94. The van der Waals surface area contributed by atoms with Gasteiger partial charge in [0.15, 0.2) is 0 Å². The van der Waals surface area contributed by atoms with E-state index in [-0.39, 0.29) is 30.7 Å². The number of hydrogen-bond acceptors (Lipinski definition) is 4. The van der Waals surface area contributed by atoms with E-state index in [9.17, 15) is 4.79 Å². The Morgan fingerprint density at radius 2 is 1.89 bits per heavy atom. The third kappa shape index (κ3) is 6.08. The van der Waals surface area contributed by atoms with Crippen molar-refractivity contribution in [2.75, 3.05) is 13.6 Å². The van der Waals surface area contributed by atoms with Crippen molar-refractivity contribution in [3.63, 3.8) is 0 Å². The van der Waals surface area contributed by atoms with Gasteiger partial charge in [-0.3, -0.25) is 4.79 Å². The van der Waals surface area contributed by atoms with Gasteiger partial charge in [-0.2, -0.15) is 0 Å². The molecule has 0 bridgehead atoms. The zero-order chi connectivity index (χ0) is 13.1. The quantitative estimate of drug-likeness (QED) is 0.873. The molecule has 0 unspecified atom stereocenters. The van der Waals surface area contributed by atoms with Gasteiger partial charge >= 0.3 is 0 Å². The number of nitrogens with zero attached hydrogens (tertiary/aromatic N) is 1. The molecule has 7 heteroatoms. The molecule has 0 fully saturated rings. The smallest absolute Gasteiger partial charge is 0.222 e. The van der Waals surface area contributed by atoms with Crippen LogP contribution in [0.3, 0.4) is 0 Å². The van der Waals surface area contributed by atoms with Crippen LogP contribution in [-0.4, -0.2) is 24.5 Å². The van der Waals surface area contributed by atoms with E-state index in [4.69, 9.17) is 0 Å². The fourth-order valence-corrected chi connectivity index (χ4v) is 2.42. The van der Waals surface area contributed by atoms with Crippen LogP contribution in [-0.2, 0) is 10.3 Å². The third-order valence-corrected chi connectivity index (χ3v) is 4.01. The maximum Gasteiger partial charge on any atom is 0.222 e. The van der Waals surface area contributed by atoms with E-state index in [0.717, 1.165) is 10.7 Å². The molecule has 19 heavy (non-hydrogen) atoms. The van der Waals surface area contributed by atoms with Gasteiger partial charge in [-0.15, -0.1) is 36.2 Å². The van der Waals surface area contributed by atoms with Crippen LogP contribution in [0.1, 0.15) is 35.8 Å². The Labute approximate surface area is 131 Å². The van der Waals surface area contributed by atoms with Gasteiger partial charge in [-0.05, 0) is 34.7 Å². The Balaban J connectivity index is 0. The molecule has 1 aromatic rings. The number of amides is 1. The maximum atomic E-state index is 11.7. The molecule has 2 N–H and O–H groups in total. The molecular formula is C12H23Cl2N3OS. The lowest BCUT2D eigenvalue weighted by molar-refractivity contribution is -0.122. The predicted molar refractivity (Wildman–Crippen MR) is 85.8 cm³/mol. The van der Waals surface area contributed by atoms with Gasteiger partial charge in [0.05, 0.1) is 11.2 Å². The molecule has 112 valence electrons. The minimum absolute atomic E-state index is 0. The zero-order valence-corrected chi connectivity index (χ0v) is 14.4. The average Bonchev–Trinajstić information content (AvgIpc) is 2.56. The SMILES string of the molecule is CNCCC(=O)NC(C)(C)c1nc(C)c(C)s1.Cl.Cl. The first kappa shape index (κ1) is 20.9. The first-order valence-electron chi connectivity index (χ1n) is 5.77. The van der Waals surface area contributed by atoms with Crippen molar-refractivity contribution in [1.29, 1.82) is 0 Å². The average molecular weight is 328 g/mol. The summed E-state index contributed by atoms with van der Waals surface area (Å²) >= 11 is 1.65. The third-order valence-electron chi connectivity index (χ3n) is 2.62. The second kappa shape index (κ2) is 8.74. The number of thiazole rings is 1. The van der Waals surface area contributed by atoms with Crippen molar-refractivity contribution in [1.82, 2.24) is 15.6 Å². The van der Waals surface area contributed by atoms with Crippen molar-refractivity contribution in [3.05, 3.63) is 15.6 Å². The van der Waals surface area contributed by atoms with Crippen molar-refractivity contribution in [2.24, 2.45) is 0 Å². The summed E-state index contributed by atoms with van der Waals surface area (Å²) < 4.78 is 0. The summed E-state index contributed by atoms with van der Waals surface area (Å²) in [6, 6.07) is 0. The molecule has 0 atom stereocenters. The fourth-order valence-electron chi connectivity index (χ4n) is 1.44. The number of halogens is 2. The highest BCUT2D eigenvalue weighted by atomic mass is 35.5. The molecule has 0 spiro atoms. The van der Waals surface area contributed by atoms with Crippen molar-refractivity contribution in [2.45, 2.75) is 39.7 Å². The highest BCUT2D eigenvalue weighted by molar-refractivity contribution is 7.11. The Bertz CT molecular complexity index is 388. The fraction of sp³-hybridized carbons (Fsp3) is 0.667. The van der Waals surface area contributed by atoms with E-state index in [2.05, 4.69) is 22.5 Å². The molecule has 1 rings (SSSR count). The highest BCUT2D eigenvalue weighted by Crippen LogP contribution is 2.27. The summed E-state index contributed by atoms with van der Waals surface area (Å²) in [7, 11) is 1.84. The van der Waals surface area contributed by atoms with Crippen LogP contribution < -0.4 is 10.6 Å². The van der Waals surface area contributed by atoms with Crippen LogP contribution in [0.5, 0.6) is 0 Å². The van der Waals surface area contributed by atoms with Crippen molar-refractivity contribution >= 4 is 42.1 Å². The number of carbonyl (C=O) groups excluding carboxylic acids is 1. The number of carbonyl (C=O) groups is 1. The summed E-state index contributed by atoms with van der Waals surface area (Å²) in [5.74, 6) is 0.0508. The normalized spacial score (nSPS) is 10.4. The monoisotopic (exact) mass is 327 g/mol. The number of aryl methyl sites for hydroxylation is 2. The Kier molecular flexibility index (Phi) is 9.64. The lowest BCUT2D eigenvalue weighted by Gasteiger charge is -2.23. The van der Waals surface area contributed by atoms with Gasteiger partial charge in [0, 0.05) is 17.8 Å². The summed E-state index contributed by atoms with van der Waals surface area (Å²) in [5.41, 5.74) is 0.650. The zero-order valence-electron chi connectivity index (χ0n) is 12.0. The van der Waals surface area contributed by atoms with Crippen LogP contribution in [0.25, 0.3) is 0 Å². The van der Waals surface area contributed by atoms with E-state index in [1.807, 2.05) is 27.8 Å². The molecule has 1 aromatic heterocycles.